The summed E-state index contributed by atoms with van der Waals surface area (Å²) in [5, 5.41) is 0. The van der Waals surface area contributed by atoms with Gasteiger partial charge in [-0.3, -0.25) is 4.79 Å². The third-order valence-electron chi connectivity index (χ3n) is 2.80. The predicted molar refractivity (Wildman–Crippen MR) is 71.0 cm³/mol. The minimum atomic E-state index is -3.65. The van der Waals surface area contributed by atoms with Gasteiger partial charge in [-0.05, 0) is 43.2 Å². The van der Waals surface area contributed by atoms with Gasteiger partial charge in [0, 0.05) is 0 Å². The van der Waals surface area contributed by atoms with Gasteiger partial charge < -0.3 is 4.42 Å². The van der Waals surface area contributed by atoms with E-state index in [2.05, 4.69) is 0 Å². The molecule has 2 aromatic rings. The topological polar surface area (TPSA) is 64.3 Å². The van der Waals surface area contributed by atoms with E-state index in [9.17, 15) is 13.2 Å². The Kier molecular flexibility index (Phi) is 3.57. The second kappa shape index (κ2) is 5.01. The van der Waals surface area contributed by atoms with E-state index in [1.807, 2.05) is 13.0 Å². The fourth-order valence-corrected chi connectivity index (χ4v) is 3.37. The van der Waals surface area contributed by atoms with E-state index in [1.54, 1.807) is 25.1 Å². The Balaban J connectivity index is 2.33. The normalized spacial score (nSPS) is 11.5. The highest BCUT2D eigenvalue weighted by Crippen LogP contribution is 2.19. The Morgan fingerprint density at radius 3 is 2.58 bits per heavy atom. The van der Waals surface area contributed by atoms with Gasteiger partial charge in [0.15, 0.2) is 15.6 Å². The Morgan fingerprint density at radius 1 is 1.21 bits per heavy atom. The highest BCUT2D eigenvalue weighted by molar-refractivity contribution is 7.92. The maximum Gasteiger partial charge on any atom is 0.213 e. The van der Waals surface area contributed by atoms with Gasteiger partial charge in [0.25, 0.3) is 0 Å². The van der Waals surface area contributed by atoms with Crippen LogP contribution in [0.3, 0.4) is 0 Å². The molecule has 1 aromatic carbocycles. The summed E-state index contributed by atoms with van der Waals surface area (Å²) in [6, 6.07) is 8.17. The molecule has 5 heteroatoms. The molecule has 1 aromatic heterocycles. The van der Waals surface area contributed by atoms with Crippen molar-refractivity contribution in [1.29, 1.82) is 0 Å². The zero-order chi connectivity index (χ0) is 14.0. The number of ketones is 1. The fraction of sp³-hybridized carbons (Fsp3) is 0.214. The highest BCUT2D eigenvalue weighted by atomic mass is 32.2. The van der Waals surface area contributed by atoms with Crippen molar-refractivity contribution in [3.63, 3.8) is 0 Å². The van der Waals surface area contributed by atoms with E-state index in [4.69, 9.17) is 4.42 Å². The Morgan fingerprint density at radius 2 is 1.95 bits per heavy atom. The lowest BCUT2D eigenvalue weighted by atomic mass is 10.2. The van der Waals surface area contributed by atoms with Gasteiger partial charge in [-0.15, -0.1) is 0 Å². The first kappa shape index (κ1) is 13.5. The summed E-state index contributed by atoms with van der Waals surface area (Å²) in [6.45, 7) is 3.52. The van der Waals surface area contributed by atoms with E-state index in [0.717, 1.165) is 5.56 Å². The van der Waals surface area contributed by atoms with Crippen molar-refractivity contribution in [2.45, 2.75) is 18.7 Å². The van der Waals surface area contributed by atoms with Crippen molar-refractivity contribution in [3.05, 3.63) is 53.5 Å². The molecule has 0 amide bonds. The molecule has 0 unspecified atom stereocenters. The number of carbonyl (C=O) groups excluding carboxylic acids is 1. The molecule has 0 aliphatic rings. The lowest BCUT2D eigenvalue weighted by Crippen LogP contribution is -2.17. The summed E-state index contributed by atoms with van der Waals surface area (Å²) in [6.07, 6.45) is 1.35. The van der Waals surface area contributed by atoms with E-state index in [-0.39, 0.29) is 10.7 Å². The summed E-state index contributed by atoms with van der Waals surface area (Å²) >= 11 is 0. The smallest absolute Gasteiger partial charge is 0.213 e. The van der Waals surface area contributed by atoms with Gasteiger partial charge in [0.2, 0.25) is 5.78 Å². The third-order valence-corrected chi connectivity index (χ3v) is 4.55. The van der Waals surface area contributed by atoms with E-state index in [1.165, 1.54) is 12.3 Å². The predicted octanol–water partition coefficient (Wildman–Crippen LogP) is 2.55. The molecule has 0 spiro atoms. The molecule has 0 radical (unpaired) electrons. The lowest BCUT2D eigenvalue weighted by Gasteiger charge is -2.07. The highest BCUT2D eigenvalue weighted by Gasteiger charge is 2.23. The Labute approximate surface area is 112 Å². The SMILES string of the molecule is Cc1ccc(C)c(S(=O)(=O)CC(=O)c2ccco2)c1. The number of aryl methyl sites for hydroxylation is 2. The summed E-state index contributed by atoms with van der Waals surface area (Å²) in [7, 11) is -3.65. The van der Waals surface area contributed by atoms with Crippen LogP contribution < -0.4 is 0 Å². The average molecular weight is 278 g/mol. The van der Waals surface area contributed by atoms with Crippen LogP contribution in [-0.2, 0) is 9.84 Å². The molecule has 0 aliphatic heterocycles. The van der Waals surface area contributed by atoms with Crippen molar-refractivity contribution in [2.75, 3.05) is 5.75 Å². The van der Waals surface area contributed by atoms with Gasteiger partial charge in [-0.25, -0.2) is 8.42 Å². The summed E-state index contributed by atoms with van der Waals surface area (Å²) in [5.41, 5.74) is 1.48. The van der Waals surface area contributed by atoms with Crippen LogP contribution >= 0.6 is 0 Å². The molecule has 0 saturated carbocycles. The van der Waals surface area contributed by atoms with Crippen LogP contribution in [0.15, 0.2) is 45.9 Å². The Hall–Kier alpha value is -1.88. The maximum absolute atomic E-state index is 12.2. The first-order chi connectivity index (χ1) is 8.90. The first-order valence-electron chi connectivity index (χ1n) is 5.77. The van der Waals surface area contributed by atoms with Crippen LogP contribution in [0, 0.1) is 13.8 Å². The molecule has 100 valence electrons. The molecule has 4 nitrogen and oxygen atoms in total. The number of hydrogen-bond donors (Lipinski definition) is 0. The third kappa shape index (κ3) is 2.93. The van der Waals surface area contributed by atoms with Crippen molar-refractivity contribution in [2.24, 2.45) is 0 Å². The summed E-state index contributed by atoms with van der Waals surface area (Å²) in [4.78, 5) is 12.0. The number of hydrogen-bond acceptors (Lipinski definition) is 4. The van der Waals surface area contributed by atoms with Crippen molar-refractivity contribution >= 4 is 15.6 Å². The number of rotatable bonds is 4. The molecule has 0 fully saturated rings. The number of furan rings is 1. The monoisotopic (exact) mass is 278 g/mol. The number of sulfone groups is 1. The van der Waals surface area contributed by atoms with Gasteiger partial charge in [-0.1, -0.05) is 12.1 Å². The first-order valence-corrected chi connectivity index (χ1v) is 7.42. The molecule has 19 heavy (non-hydrogen) atoms. The summed E-state index contributed by atoms with van der Waals surface area (Å²) < 4.78 is 29.4. The largest absolute Gasteiger partial charge is 0.461 e. The molecule has 0 saturated heterocycles. The second-order valence-electron chi connectivity index (χ2n) is 4.43. The van der Waals surface area contributed by atoms with Gasteiger partial charge in [0.05, 0.1) is 11.2 Å². The minimum Gasteiger partial charge on any atom is -0.461 e. The number of benzene rings is 1. The molecule has 0 N–H and O–H groups in total. The maximum atomic E-state index is 12.2. The van der Waals surface area contributed by atoms with Gasteiger partial charge in [-0.2, -0.15) is 0 Å². The van der Waals surface area contributed by atoms with E-state index in [0.29, 0.717) is 5.56 Å². The zero-order valence-corrected chi connectivity index (χ0v) is 11.5. The molecule has 0 atom stereocenters. The van der Waals surface area contributed by atoms with Crippen LogP contribution in [0.1, 0.15) is 21.7 Å². The van der Waals surface area contributed by atoms with Crippen LogP contribution in [0.2, 0.25) is 0 Å². The lowest BCUT2D eigenvalue weighted by molar-refractivity contribution is 0.0990. The molecule has 0 bridgehead atoms. The van der Waals surface area contributed by atoms with Gasteiger partial charge >= 0.3 is 0 Å². The van der Waals surface area contributed by atoms with Crippen molar-refractivity contribution in [3.8, 4) is 0 Å². The Bertz CT molecular complexity index is 697. The number of Topliss-reactive ketones (excluding diaryl/α,β-unsaturated/α-hetero) is 1. The quantitative estimate of drug-likeness (QED) is 0.806. The van der Waals surface area contributed by atoms with E-state index >= 15 is 0 Å². The fourth-order valence-electron chi connectivity index (χ4n) is 1.80. The van der Waals surface area contributed by atoms with Crippen LogP contribution in [0.25, 0.3) is 0 Å². The van der Waals surface area contributed by atoms with Crippen LogP contribution in [-0.4, -0.2) is 20.0 Å². The average Bonchev–Trinajstić information content (AvgIpc) is 2.85. The molecule has 0 aliphatic carbocycles. The van der Waals surface area contributed by atoms with E-state index < -0.39 is 21.4 Å². The molecule has 2 rings (SSSR count). The van der Waals surface area contributed by atoms with Crippen molar-refractivity contribution < 1.29 is 17.6 Å². The summed E-state index contributed by atoms with van der Waals surface area (Å²) in [5.74, 6) is -1.05. The molecular formula is C14H14O4S. The standard InChI is InChI=1S/C14H14O4S/c1-10-5-6-11(2)14(8-10)19(16,17)9-12(15)13-4-3-7-18-13/h3-8H,9H2,1-2H3. The van der Waals surface area contributed by atoms with Crippen molar-refractivity contribution in [1.82, 2.24) is 0 Å². The number of carbonyl (C=O) groups is 1. The molecular weight excluding hydrogens is 264 g/mol. The van der Waals surface area contributed by atoms with Gasteiger partial charge in [0.1, 0.15) is 5.75 Å². The zero-order valence-electron chi connectivity index (χ0n) is 10.7. The van der Waals surface area contributed by atoms with Crippen LogP contribution in [0.4, 0.5) is 0 Å². The second-order valence-corrected chi connectivity index (χ2v) is 6.39. The molecule has 1 heterocycles. The minimum absolute atomic E-state index is 0.0638. The van der Waals surface area contributed by atoms with Crippen LogP contribution in [0.5, 0.6) is 0 Å².